The van der Waals surface area contributed by atoms with E-state index in [1.165, 1.54) is 0 Å². The number of nitrogens with zero attached hydrogens (tertiary/aromatic N) is 3. The monoisotopic (exact) mass is 421 g/mol. The molecule has 5 heteroatoms. The molecule has 3 aromatic carbocycles. The number of aromatic nitrogens is 2. The second-order valence-electron chi connectivity index (χ2n) is 8.12. The first-order valence-electron chi connectivity index (χ1n) is 10.7. The van der Waals surface area contributed by atoms with Crippen LogP contribution in [0.5, 0.6) is 0 Å². The molecule has 2 heterocycles. The Kier molecular flexibility index (Phi) is 4.94. The van der Waals surface area contributed by atoms with E-state index in [2.05, 4.69) is 0 Å². The van der Waals surface area contributed by atoms with E-state index >= 15 is 0 Å². The normalized spacial score (nSPS) is 14.4. The standard InChI is InChI=1S/C27H23N3O2/c1-18-12-13-24-21(16-18)22(26(31)29(24)2)17-25-28-23-11-7-6-10-20(23)27(32)30(25)15-14-19-8-4-3-5-9-19/h3-13,16-17H,14-15H2,1-2H3. The van der Waals surface area contributed by atoms with E-state index in [4.69, 9.17) is 4.98 Å². The lowest BCUT2D eigenvalue weighted by molar-refractivity contribution is -0.112. The fourth-order valence-electron chi connectivity index (χ4n) is 4.23. The number of amides is 1. The molecule has 0 aliphatic carbocycles. The van der Waals surface area contributed by atoms with Crippen LogP contribution in [0.2, 0.25) is 0 Å². The van der Waals surface area contributed by atoms with Crippen LogP contribution < -0.4 is 10.5 Å². The number of carbonyl (C=O) groups excluding carboxylic acids is 1. The van der Waals surface area contributed by atoms with Gasteiger partial charge >= 0.3 is 0 Å². The average molecular weight is 422 g/mol. The molecule has 1 aliphatic rings. The predicted octanol–water partition coefficient (Wildman–Crippen LogP) is 4.46. The number of carbonyl (C=O) groups is 1. The Hall–Kier alpha value is -3.99. The second kappa shape index (κ2) is 7.93. The molecule has 32 heavy (non-hydrogen) atoms. The van der Waals surface area contributed by atoms with Crippen LogP contribution in [0.1, 0.15) is 22.5 Å². The lowest BCUT2D eigenvalue weighted by atomic mass is 10.0. The third kappa shape index (κ3) is 3.42. The molecule has 0 N–H and O–H groups in total. The van der Waals surface area contributed by atoms with Gasteiger partial charge in [-0.2, -0.15) is 0 Å². The highest BCUT2D eigenvalue weighted by molar-refractivity contribution is 6.35. The van der Waals surface area contributed by atoms with Crippen molar-refractivity contribution in [1.82, 2.24) is 9.55 Å². The Labute approximate surface area is 186 Å². The van der Waals surface area contributed by atoms with Gasteiger partial charge in [0.2, 0.25) is 0 Å². The number of anilines is 1. The molecule has 0 atom stereocenters. The first-order valence-corrected chi connectivity index (χ1v) is 10.7. The van der Waals surface area contributed by atoms with E-state index in [0.717, 1.165) is 22.4 Å². The summed E-state index contributed by atoms with van der Waals surface area (Å²) in [5.41, 5.74) is 5.04. The van der Waals surface area contributed by atoms with Gasteiger partial charge < -0.3 is 4.90 Å². The maximum atomic E-state index is 13.4. The molecule has 5 rings (SSSR count). The molecular weight excluding hydrogens is 398 g/mol. The van der Waals surface area contributed by atoms with Gasteiger partial charge in [0.25, 0.3) is 11.5 Å². The van der Waals surface area contributed by atoms with Crippen molar-refractivity contribution in [2.45, 2.75) is 19.9 Å². The van der Waals surface area contributed by atoms with Crippen molar-refractivity contribution in [1.29, 1.82) is 0 Å². The number of hydrogen-bond acceptors (Lipinski definition) is 3. The molecule has 1 amide bonds. The number of para-hydroxylation sites is 1. The number of fused-ring (bicyclic) bond motifs is 2. The van der Waals surface area contributed by atoms with Crippen LogP contribution in [-0.4, -0.2) is 22.5 Å². The van der Waals surface area contributed by atoms with Crippen molar-refractivity contribution in [3.63, 3.8) is 0 Å². The largest absolute Gasteiger partial charge is 0.311 e. The summed E-state index contributed by atoms with van der Waals surface area (Å²) in [7, 11) is 1.77. The van der Waals surface area contributed by atoms with Crippen LogP contribution in [0.15, 0.2) is 77.6 Å². The van der Waals surface area contributed by atoms with Gasteiger partial charge in [0, 0.05) is 19.2 Å². The fraction of sp³-hybridized carbons (Fsp3) is 0.148. The zero-order valence-corrected chi connectivity index (χ0v) is 18.1. The molecule has 0 spiro atoms. The smallest absolute Gasteiger partial charge is 0.261 e. The Morgan fingerprint density at radius 3 is 2.50 bits per heavy atom. The van der Waals surface area contributed by atoms with Gasteiger partial charge in [-0.15, -0.1) is 0 Å². The van der Waals surface area contributed by atoms with Gasteiger partial charge in [-0.1, -0.05) is 54.1 Å². The van der Waals surface area contributed by atoms with Gasteiger partial charge in [-0.05, 0) is 49.2 Å². The molecule has 1 aromatic heterocycles. The third-order valence-corrected chi connectivity index (χ3v) is 5.97. The number of rotatable bonds is 4. The Bertz CT molecular complexity index is 1430. The maximum Gasteiger partial charge on any atom is 0.261 e. The van der Waals surface area contributed by atoms with Crippen LogP contribution in [0.3, 0.4) is 0 Å². The van der Waals surface area contributed by atoms with Crippen LogP contribution in [0.25, 0.3) is 22.6 Å². The van der Waals surface area contributed by atoms with Gasteiger partial charge in [0.05, 0.1) is 22.2 Å². The topological polar surface area (TPSA) is 55.2 Å². The molecule has 0 saturated carbocycles. The van der Waals surface area contributed by atoms with E-state index in [1.807, 2.05) is 73.7 Å². The van der Waals surface area contributed by atoms with Crippen molar-refractivity contribution in [2.75, 3.05) is 11.9 Å². The summed E-state index contributed by atoms with van der Waals surface area (Å²) in [5, 5.41) is 0.578. The van der Waals surface area contributed by atoms with Crippen molar-refractivity contribution in [3.8, 4) is 0 Å². The summed E-state index contributed by atoms with van der Waals surface area (Å²) < 4.78 is 1.68. The quantitative estimate of drug-likeness (QED) is 0.457. The van der Waals surface area contributed by atoms with E-state index in [0.29, 0.717) is 35.3 Å². The zero-order chi connectivity index (χ0) is 22.2. The molecule has 4 aromatic rings. The van der Waals surface area contributed by atoms with E-state index in [-0.39, 0.29) is 11.5 Å². The highest BCUT2D eigenvalue weighted by Gasteiger charge is 2.30. The third-order valence-electron chi connectivity index (χ3n) is 5.97. The summed E-state index contributed by atoms with van der Waals surface area (Å²) in [6.45, 7) is 2.48. The summed E-state index contributed by atoms with van der Waals surface area (Å²) in [4.78, 5) is 32.9. The molecule has 0 bridgehead atoms. The van der Waals surface area contributed by atoms with Gasteiger partial charge in [0.1, 0.15) is 5.82 Å². The second-order valence-corrected chi connectivity index (χ2v) is 8.12. The molecule has 0 unspecified atom stereocenters. The van der Waals surface area contributed by atoms with Crippen molar-refractivity contribution in [3.05, 3.63) is 106 Å². The molecule has 0 saturated heterocycles. The molecular formula is C27H23N3O2. The van der Waals surface area contributed by atoms with Crippen molar-refractivity contribution in [2.24, 2.45) is 0 Å². The van der Waals surface area contributed by atoms with Crippen LogP contribution in [-0.2, 0) is 17.8 Å². The summed E-state index contributed by atoms with van der Waals surface area (Å²) in [6, 6.07) is 23.4. The SMILES string of the molecule is Cc1ccc2c(c1)C(=Cc1nc3ccccc3c(=O)n1CCc1ccccc1)C(=O)N2C. The molecule has 158 valence electrons. The summed E-state index contributed by atoms with van der Waals surface area (Å²) >= 11 is 0. The lowest BCUT2D eigenvalue weighted by Crippen LogP contribution is -2.25. The number of aryl methyl sites for hydroxylation is 2. The van der Waals surface area contributed by atoms with Gasteiger partial charge in [-0.25, -0.2) is 4.98 Å². The summed E-state index contributed by atoms with van der Waals surface area (Å²) in [5.74, 6) is 0.401. The minimum absolute atomic E-state index is 0.0948. The Balaban J connectivity index is 1.67. The highest BCUT2D eigenvalue weighted by Crippen LogP contribution is 2.37. The number of hydrogen-bond donors (Lipinski definition) is 0. The van der Waals surface area contributed by atoms with E-state index < -0.39 is 0 Å². The van der Waals surface area contributed by atoms with Crippen molar-refractivity contribution >= 4 is 34.1 Å². The predicted molar refractivity (Wildman–Crippen MR) is 129 cm³/mol. The van der Waals surface area contributed by atoms with Crippen LogP contribution in [0, 0.1) is 6.92 Å². The minimum atomic E-state index is -0.0957. The molecule has 5 nitrogen and oxygen atoms in total. The molecule has 0 fully saturated rings. The van der Waals surface area contributed by atoms with E-state index in [9.17, 15) is 9.59 Å². The van der Waals surface area contributed by atoms with E-state index in [1.54, 1.807) is 28.7 Å². The maximum absolute atomic E-state index is 13.4. The van der Waals surface area contributed by atoms with Crippen LogP contribution in [0.4, 0.5) is 5.69 Å². The lowest BCUT2D eigenvalue weighted by Gasteiger charge is -2.12. The molecule has 0 radical (unpaired) electrons. The fourth-order valence-corrected chi connectivity index (χ4v) is 4.23. The zero-order valence-electron chi connectivity index (χ0n) is 18.1. The van der Waals surface area contributed by atoms with Crippen LogP contribution >= 0.6 is 0 Å². The number of benzene rings is 3. The first kappa shape index (κ1) is 19.9. The Morgan fingerprint density at radius 1 is 0.938 bits per heavy atom. The average Bonchev–Trinajstić information content (AvgIpc) is 3.03. The van der Waals surface area contributed by atoms with Gasteiger partial charge in [-0.3, -0.25) is 14.2 Å². The van der Waals surface area contributed by atoms with Gasteiger partial charge in [0.15, 0.2) is 0 Å². The summed E-state index contributed by atoms with van der Waals surface area (Å²) in [6.07, 6.45) is 2.46. The first-order chi connectivity index (χ1) is 15.5. The molecule has 1 aliphatic heterocycles. The number of likely N-dealkylation sites (N-methyl/N-ethyl adjacent to an activating group) is 1. The Morgan fingerprint density at radius 2 is 1.69 bits per heavy atom. The minimum Gasteiger partial charge on any atom is -0.311 e. The van der Waals surface area contributed by atoms with Crippen molar-refractivity contribution < 1.29 is 4.79 Å². The highest BCUT2D eigenvalue weighted by atomic mass is 16.2.